The number of rotatable bonds is 5. The number of nitro groups is 1. The maximum absolute atomic E-state index is 12.2. The Kier molecular flexibility index (Phi) is 5.28. The van der Waals surface area contributed by atoms with Gasteiger partial charge >= 0.3 is 11.7 Å². The quantitative estimate of drug-likeness (QED) is 0.320. The minimum Gasteiger partial charge on any atom is -0.490 e. The predicted octanol–water partition coefficient (Wildman–Crippen LogP) is 2.85. The van der Waals surface area contributed by atoms with Gasteiger partial charge in [0.2, 0.25) is 5.90 Å². The summed E-state index contributed by atoms with van der Waals surface area (Å²) < 4.78 is 15.6. The first-order valence-electron chi connectivity index (χ1n) is 8.83. The Morgan fingerprint density at radius 2 is 2.07 bits per heavy atom. The van der Waals surface area contributed by atoms with Crippen molar-refractivity contribution in [3.63, 3.8) is 0 Å². The number of nitrogens with zero attached hydrogens (tertiary/aromatic N) is 3. The zero-order valence-electron chi connectivity index (χ0n) is 15.5. The number of cyclic esters (lactones) is 1. The molecule has 29 heavy (non-hydrogen) atoms. The Hall–Kier alpha value is -3.24. The van der Waals surface area contributed by atoms with Crippen molar-refractivity contribution >= 4 is 40.0 Å². The number of esters is 1. The van der Waals surface area contributed by atoms with Gasteiger partial charge in [0.25, 0.3) is 0 Å². The molecule has 0 bridgehead atoms. The first-order valence-corrected chi connectivity index (χ1v) is 9.64. The number of aliphatic imine (C=N–C) groups is 1. The third kappa shape index (κ3) is 3.98. The Morgan fingerprint density at radius 1 is 1.28 bits per heavy atom. The number of carbonyl (C=O) groups excluding carboxylic acids is 1. The number of ether oxygens (including phenoxy) is 3. The van der Waals surface area contributed by atoms with Crippen LogP contribution in [0.25, 0.3) is 6.08 Å². The molecule has 1 aromatic carbocycles. The molecule has 0 spiro atoms. The van der Waals surface area contributed by atoms with E-state index in [1.165, 1.54) is 19.2 Å². The van der Waals surface area contributed by atoms with E-state index in [0.29, 0.717) is 18.8 Å². The second-order valence-electron chi connectivity index (χ2n) is 6.26. The van der Waals surface area contributed by atoms with Gasteiger partial charge < -0.3 is 19.1 Å². The number of methoxy groups -OCH3 is 1. The Morgan fingerprint density at radius 3 is 2.79 bits per heavy atom. The van der Waals surface area contributed by atoms with Gasteiger partial charge in [0.1, 0.15) is 0 Å². The number of hydrogen-bond donors (Lipinski definition) is 0. The van der Waals surface area contributed by atoms with Gasteiger partial charge in [-0.05, 0) is 30.3 Å². The molecule has 2 aliphatic rings. The van der Waals surface area contributed by atoms with Crippen LogP contribution in [-0.2, 0) is 14.3 Å². The summed E-state index contributed by atoms with van der Waals surface area (Å²) in [7, 11) is 1.35. The largest absolute Gasteiger partial charge is 0.490 e. The van der Waals surface area contributed by atoms with Crippen molar-refractivity contribution in [2.24, 2.45) is 4.99 Å². The molecule has 0 radical (unpaired) electrons. The minimum absolute atomic E-state index is 0.0250. The van der Waals surface area contributed by atoms with Crippen LogP contribution in [0.3, 0.4) is 0 Å². The Bertz CT molecular complexity index is 1020. The standard InChI is InChI=1S/C19H17N3O6S/c1-26-16-4-2-12(10-15(16)22(24)25)18-20-14(19(23)28-18)11-13-3-5-17(29-13)21-6-8-27-9-7-21/h2-5,10-11H,6-9H2,1H3/b14-11-. The van der Waals surface area contributed by atoms with Gasteiger partial charge in [0, 0.05) is 29.6 Å². The maximum Gasteiger partial charge on any atom is 0.363 e. The first-order chi connectivity index (χ1) is 14.0. The topological polar surface area (TPSA) is 104 Å². The van der Waals surface area contributed by atoms with Crippen molar-refractivity contribution in [2.45, 2.75) is 0 Å². The number of morpholine rings is 1. The maximum atomic E-state index is 12.2. The van der Waals surface area contributed by atoms with E-state index >= 15 is 0 Å². The molecule has 2 aromatic rings. The van der Waals surface area contributed by atoms with E-state index in [1.807, 2.05) is 12.1 Å². The predicted molar refractivity (Wildman–Crippen MR) is 108 cm³/mol. The summed E-state index contributed by atoms with van der Waals surface area (Å²) in [6, 6.07) is 8.19. The molecular formula is C19H17N3O6S. The van der Waals surface area contributed by atoms with E-state index in [4.69, 9.17) is 14.2 Å². The molecule has 1 saturated heterocycles. The van der Waals surface area contributed by atoms with E-state index in [-0.39, 0.29) is 23.0 Å². The average Bonchev–Trinajstić information content (AvgIpc) is 3.35. The number of anilines is 1. The second-order valence-corrected chi connectivity index (χ2v) is 7.35. The van der Waals surface area contributed by atoms with Crippen molar-refractivity contribution in [3.05, 3.63) is 56.6 Å². The molecule has 3 heterocycles. The molecule has 9 nitrogen and oxygen atoms in total. The summed E-state index contributed by atoms with van der Waals surface area (Å²) in [4.78, 5) is 30.2. The van der Waals surface area contributed by atoms with Crippen LogP contribution in [-0.4, -0.2) is 50.2 Å². The minimum atomic E-state index is -0.597. The number of benzene rings is 1. The molecule has 0 amide bonds. The summed E-state index contributed by atoms with van der Waals surface area (Å²) >= 11 is 1.55. The Balaban J connectivity index is 1.58. The van der Waals surface area contributed by atoms with E-state index in [1.54, 1.807) is 23.5 Å². The monoisotopic (exact) mass is 415 g/mol. The van der Waals surface area contributed by atoms with Crippen LogP contribution in [0.5, 0.6) is 5.75 Å². The van der Waals surface area contributed by atoms with Gasteiger partial charge in [-0.15, -0.1) is 11.3 Å². The van der Waals surface area contributed by atoms with E-state index in [9.17, 15) is 14.9 Å². The molecule has 1 aromatic heterocycles. The normalized spacial score (nSPS) is 18.0. The molecule has 4 rings (SSSR count). The van der Waals surface area contributed by atoms with E-state index < -0.39 is 10.9 Å². The molecule has 1 fully saturated rings. The van der Waals surface area contributed by atoms with E-state index in [2.05, 4.69) is 9.89 Å². The summed E-state index contributed by atoms with van der Waals surface area (Å²) in [6.45, 7) is 3.05. The van der Waals surface area contributed by atoms with Gasteiger partial charge in [-0.25, -0.2) is 9.79 Å². The van der Waals surface area contributed by atoms with Gasteiger partial charge in [-0.2, -0.15) is 0 Å². The van der Waals surface area contributed by atoms with Crippen LogP contribution in [0, 0.1) is 10.1 Å². The lowest BCUT2D eigenvalue weighted by Crippen LogP contribution is -2.35. The SMILES string of the molecule is COc1ccc(C2=N/C(=C\c3ccc(N4CCOCC4)s3)C(=O)O2)cc1[N+](=O)[O-]. The molecule has 10 heteroatoms. The van der Waals surface area contributed by atoms with Crippen LogP contribution >= 0.6 is 11.3 Å². The van der Waals surface area contributed by atoms with Crippen molar-refractivity contribution in [3.8, 4) is 5.75 Å². The molecule has 0 unspecified atom stereocenters. The van der Waals surface area contributed by atoms with Crippen molar-refractivity contribution < 1.29 is 23.9 Å². The molecule has 0 atom stereocenters. The zero-order chi connectivity index (χ0) is 20.4. The number of carbonyl (C=O) groups is 1. The van der Waals surface area contributed by atoms with Gasteiger partial charge in [0.05, 0.1) is 30.2 Å². The van der Waals surface area contributed by atoms with E-state index in [0.717, 1.165) is 23.0 Å². The third-order valence-corrected chi connectivity index (χ3v) is 5.55. The van der Waals surface area contributed by atoms with Crippen molar-refractivity contribution in [1.29, 1.82) is 0 Å². The van der Waals surface area contributed by atoms with Crippen LogP contribution in [0.15, 0.2) is 41.0 Å². The van der Waals surface area contributed by atoms with Crippen LogP contribution in [0.2, 0.25) is 0 Å². The number of nitro benzene ring substituents is 1. The molecule has 0 aliphatic carbocycles. The summed E-state index contributed by atoms with van der Waals surface area (Å²) in [5.74, 6) is -0.453. The zero-order valence-corrected chi connectivity index (χ0v) is 16.3. The molecule has 2 aliphatic heterocycles. The molecule has 150 valence electrons. The smallest absolute Gasteiger partial charge is 0.363 e. The Labute approximate surface area is 170 Å². The van der Waals surface area contributed by atoms with Crippen LogP contribution in [0.1, 0.15) is 10.4 Å². The average molecular weight is 415 g/mol. The van der Waals surface area contributed by atoms with Crippen LogP contribution in [0.4, 0.5) is 10.7 Å². The summed E-state index contributed by atoms with van der Waals surface area (Å²) in [5.41, 5.74) is 0.248. The van der Waals surface area contributed by atoms with Crippen molar-refractivity contribution in [2.75, 3.05) is 38.3 Å². The number of thiophene rings is 1. The highest BCUT2D eigenvalue weighted by molar-refractivity contribution is 7.16. The highest BCUT2D eigenvalue weighted by Crippen LogP contribution is 2.31. The summed E-state index contributed by atoms with van der Waals surface area (Å²) in [6.07, 6.45) is 1.65. The van der Waals surface area contributed by atoms with Gasteiger partial charge in [-0.3, -0.25) is 10.1 Å². The summed E-state index contributed by atoms with van der Waals surface area (Å²) in [5, 5.41) is 12.3. The highest BCUT2D eigenvalue weighted by atomic mass is 32.1. The fraction of sp³-hybridized carbons (Fsp3) is 0.263. The fourth-order valence-electron chi connectivity index (χ4n) is 3.01. The molecule has 0 saturated carbocycles. The fourth-order valence-corrected chi connectivity index (χ4v) is 4.00. The molecule has 0 N–H and O–H groups in total. The highest BCUT2D eigenvalue weighted by Gasteiger charge is 2.27. The van der Waals surface area contributed by atoms with Crippen molar-refractivity contribution in [1.82, 2.24) is 0 Å². The van der Waals surface area contributed by atoms with Gasteiger partial charge in [0.15, 0.2) is 11.4 Å². The van der Waals surface area contributed by atoms with Gasteiger partial charge in [-0.1, -0.05) is 0 Å². The lowest BCUT2D eigenvalue weighted by atomic mass is 10.2. The molecular weight excluding hydrogens is 398 g/mol. The second kappa shape index (κ2) is 8.02. The lowest BCUT2D eigenvalue weighted by Gasteiger charge is -2.27. The van der Waals surface area contributed by atoms with Crippen LogP contribution < -0.4 is 9.64 Å². The number of hydrogen-bond acceptors (Lipinski definition) is 9. The first kappa shape index (κ1) is 19.1. The third-order valence-electron chi connectivity index (χ3n) is 4.46. The lowest BCUT2D eigenvalue weighted by molar-refractivity contribution is -0.385.